The Morgan fingerprint density at radius 1 is 1.47 bits per heavy atom. The second kappa shape index (κ2) is 5.55. The third-order valence-electron chi connectivity index (χ3n) is 2.74. The smallest absolute Gasteiger partial charge is 0.308 e. The molecule has 0 saturated carbocycles. The molecule has 0 aliphatic carbocycles. The van der Waals surface area contributed by atoms with E-state index in [1.807, 2.05) is 0 Å². The Labute approximate surface area is 113 Å². The fourth-order valence-electron chi connectivity index (χ4n) is 2.24. The predicted octanol–water partition coefficient (Wildman–Crippen LogP) is 1.51. The number of piperidine rings is 1. The molecule has 1 atom stereocenters. The number of ether oxygens (including phenoxy) is 1. The summed E-state index contributed by atoms with van der Waals surface area (Å²) >= 11 is 0. The zero-order chi connectivity index (χ0) is 14.7. The molecule has 106 valence electrons. The van der Waals surface area contributed by atoms with E-state index >= 15 is 0 Å². The summed E-state index contributed by atoms with van der Waals surface area (Å²) in [5.74, 6) is -0.930. The molecule has 1 rings (SSSR count). The molecule has 0 radical (unpaired) electrons. The molecule has 1 aliphatic rings. The molecule has 0 aromatic rings. The maximum Gasteiger partial charge on any atom is 0.308 e. The van der Waals surface area contributed by atoms with Gasteiger partial charge >= 0.3 is 5.97 Å². The zero-order valence-electron chi connectivity index (χ0n) is 11.7. The van der Waals surface area contributed by atoms with Gasteiger partial charge in [0.25, 0.3) is 0 Å². The molecule has 0 unspecified atom stereocenters. The van der Waals surface area contributed by atoms with Crippen LogP contribution in [0.2, 0.25) is 0 Å². The van der Waals surface area contributed by atoms with Gasteiger partial charge in [-0.2, -0.15) is 0 Å². The number of carbonyl (C=O) groups excluding carboxylic acids is 3. The van der Waals surface area contributed by atoms with Crippen LogP contribution in [0, 0.1) is 0 Å². The van der Waals surface area contributed by atoms with Gasteiger partial charge in [0.1, 0.15) is 11.4 Å². The molecule has 1 N–H and O–H groups in total. The van der Waals surface area contributed by atoms with Crippen LogP contribution in [0.5, 0.6) is 0 Å². The summed E-state index contributed by atoms with van der Waals surface area (Å²) in [5, 5.41) is 2.75. The largest absolute Gasteiger partial charge is 0.460 e. The van der Waals surface area contributed by atoms with Crippen LogP contribution in [0.15, 0.2) is 12.7 Å². The van der Waals surface area contributed by atoms with Gasteiger partial charge in [-0.15, -0.1) is 6.58 Å². The van der Waals surface area contributed by atoms with Crippen LogP contribution in [0.4, 0.5) is 0 Å². The molecule has 0 bridgehead atoms. The molecule has 1 aliphatic heterocycles. The number of hydrogen-bond acceptors (Lipinski definition) is 4. The average molecular weight is 267 g/mol. The summed E-state index contributed by atoms with van der Waals surface area (Å²) in [7, 11) is 0. The van der Waals surface area contributed by atoms with E-state index in [0.717, 1.165) is 0 Å². The number of carbonyl (C=O) groups is 3. The topological polar surface area (TPSA) is 72.5 Å². The number of amides is 1. The normalized spacial score (nSPS) is 23.7. The lowest BCUT2D eigenvalue weighted by Crippen LogP contribution is -2.55. The summed E-state index contributed by atoms with van der Waals surface area (Å²) in [6.07, 6.45) is 1.97. The molecular formula is C14H21NO4. The second-order valence-electron chi connectivity index (χ2n) is 5.98. The molecule has 1 fully saturated rings. The van der Waals surface area contributed by atoms with Crippen LogP contribution >= 0.6 is 0 Å². The Bertz CT molecular complexity index is 390. The van der Waals surface area contributed by atoms with Crippen molar-refractivity contribution < 1.29 is 19.1 Å². The molecule has 5 nitrogen and oxygen atoms in total. The van der Waals surface area contributed by atoms with Gasteiger partial charge in [0, 0.05) is 6.42 Å². The van der Waals surface area contributed by atoms with Gasteiger partial charge in [0.2, 0.25) is 5.91 Å². The van der Waals surface area contributed by atoms with Crippen molar-refractivity contribution >= 4 is 17.7 Å². The summed E-state index contributed by atoms with van der Waals surface area (Å²) < 4.78 is 5.25. The molecular weight excluding hydrogens is 246 g/mol. The first kappa shape index (κ1) is 15.4. The zero-order valence-corrected chi connectivity index (χ0v) is 11.7. The average Bonchev–Trinajstić information content (AvgIpc) is 2.10. The van der Waals surface area contributed by atoms with Gasteiger partial charge in [0.15, 0.2) is 0 Å². The number of Topliss-reactive ketones (excluding diaryl/α,β-unsaturated/α-hetero) is 1. The van der Waals surface area contributed by atoms with Crippen LogP contribution in [0.3, 0.4) is 0 Å². The van der Waals surface area contributed by atoms with E-state index in [4.69, 9.17) is 4.74 Å². The number of ketones is 1. The Balaban J connectivity index is 2.82. The van der Waals surface area contributed by atoms with Crippen molar-refractivity contribution in [2.75, 3.05) is 0 Å². The maximum absolute atomic E-state index is 11.9. The van der Waals surface area contributed by atoms with Gasteiger partial charge < -0.3 is 10.1 Å². The van der Waals surface area contributed by atoms with E-state index in [1.165, 1.54) is 0 Å². The number of rotatable bonds is 4. The van der Waals surface area contributed by atoms with E-state index in [1.54, 1.807) is 26.8 Å². The first-order valence-electron chi connectivity index (χ1n) is 6.31. The SMILES string of the molecule is C=CC[C@]1(CC(=O)OC(C)(C)C)CC(=O)CC(=O)N1. The van der Waals surface area contributed by atoms with Crippen molar-refractivity contribution in [3.05, 3.63) is 12.7 Å². The van der Waals surface area contributed by atoms with Crippen LogP contribution < -0.4 is 5.32 Å². The minimum absolute atomic E-state index is 0.0201. The number of nitrogens with one attached hydrogen (secondary N) is 1. The molecule has 1 heterocycles. The third kappa shape index (κ3) is 4.85. The van der Waals surface area contributed by atoms with E-state index in [9.17, 15) is 14.4 Å². The Kier molecular flexibility index (Phi) is 4.50. The summed E-state index contributed by atoms with van der Waals surface area (Å²) in [6, 6.07) is 0. The summed E-state index contributed by atoms with van der Waals surface area (Å²) in [4.78, 5) is 35.0. The predicted molar refractivity (Wildman–Crippen MR) is 70.4 cm³/mol. The lowest BCUT2D eigenvalue weighted by Gasteiger charge is -2.36. The minimum Gasteiger partial charge on any atom is -0.460 e. The highest BCUT2D eigenvalue weighted by Crippen LogP contribution is 2.27. The number of hydrogen-bond donors (Lipinski definition) is 1. The standard InChI is InChI=1S/C14H21NO4/c1-5-6-14(8-10(16)7-11(17)15-14)9-12(18)19-13(2,3)4/h5H,1,6-9H2,2-4H3,(H,15,17)/t14-/m1/s1. The molecule has 5 heteroatoms. The van der Waals surface area contributed by atoms with Crippen molar-refractivity contribution in [3.63, 3.8) is 0 Å². The van der Waals surface area contributed by atoms with Gasteiger partial charge in [-0.3, -0.25) is 14.4 Å². The van der Waals surface area contributed by atoms with Gasteiger partial charge in [-0.25, -0.2) is 0 Å². The van der Waals surface area contributed by atoms with E-state index < -0.39 is 17.1 Å². The summed E-state index contributed by atoms with van der Waals surface area (Å²) in [6.45, 7) is 8.94. The Hall–Kier alpha value is -1.65. The second-order valence-corrected chi connectivity index (χ2v) is 5.98. The van der Waals surface area contributed by atoms with Crippen molar-refractivity contribution in [1.29, 1.82) is 0 Å². The molecule has 1 amide bonds. The van der Waals surface area contributed by atoms with E-state index in [0.29, 0.717) is 6.42 Å². The lowest BCUT2D eigenvalue weighted by molar-refractivity contribution is -0.157. The Morgan fingerprint density at radius 3 is 2.58 bits per heavy atom. The molecule has 19 heavy (non-hydrogen) atoms. The molecule has 1 saturated heterocycles. The van der Waals surface area contributed by atoms with Crippen molar-refractivity contribution in [3.8, 4) is 0 Å². The first-order valence-corrected chi connectivity index (χ1v) is 6.31. The highest BCUT2D eigenvalue weighted by Gasteiger charge is 2.40. The van der Waals surface area contributed by atoms with E-state index in [2.05, 4.69) is 11.9 Å². The van der Waals surface area contributed by atoms with Gasteiger partial charge in [-0.1, -0.05) is 6.08 Å². The molecule has 0 aromatic carbocycles. The summed E-state index contributed by atoms with van der Waals surface area (Å²) in [5.41, 5.74) is -1.47. The van der Waals surface area contributed by atoms with Crippen molar-refractivity contribution in [2.24, 2.45) is 0 Å². The molecule has 0 aromatic heterocycles. The van der Waals surface area contributed by atoms with Gasteiger partial charge in [0.05, 0.1) is 18.4 Å². The third-order valence-corrected chi connectivity index (χ3v) is 2.74. The van der Waals surface area contributed by atoms with Crippen molar-refractivity contribution in [2.45, 2.75) is 57.6 Å². The molecule has 0 spiro atoms. The number of esters is 1. The fourth-order valence-corrected chi connectivity index (χ4v) is 2.24. The Morgan fingerprint density at radius 2 is 2.11 bits per heavy atom. The maximum atomic E-state index is 11.9. The van der Waals surface area contributed by atoms with Crippen LogP contribution in [0.1, 0.15) is 46.5 Å². The van der Waals surface area contributed by atoms with Crippen LogP contribution in [-0.2, 0) is 19.1 Å². The van der Waals surface area contributed by atoms with Crippen LogP contribution in [-0.4, -0.2) is 28.8 Å². The van der Waals surface area contributed by atoms with E-state index in [-0.39, 0.29) is 31.0 Å². The highest BCUT2D eigenvalue weighted by molar-refractivity contribution is 6.02. The van der Waals surface area contributed by atoms with Crippen molar-refractivity contribution in [1.82, 2.24) is 5.32 Å². The first-order chi connectivity index (χ1) is 8.66. The lowest BCUT2D eigenvalue weighted by atomic mass is 9.82. The quantitative estimate of drug-likeness (QED) is 0.476. The minimum atomic E-state index is -0.878. The van der Waals surface area contributed by atoms with Gasteiger partial charge in [-0.05, 0) is 27.2 Å². The monoisotopic (exact) mass is 267 g/mol. The highest BCUT2D eigenvalue weighted by atomic mass is 16.6. The fraction of sp³-hybridized carbons (Fsp3) is 0.643. The van der Waals surface area contributed by atoms with Crippen LogP contribution in [0.25, 0.3) is 0 Å².